The third kappa shape index (κ3) is 6.09. The van der Waals surface area contributed by atoms with E-state index in [2.05, 4.69) is 13.8 Å². The number of carbonyl (C=O) groups excluding carboxylic acids is 2. The highest BCUT2D eigenvalue weighted by Crippen LogP contribution is 2.33. The van der Waals surface area contributed by atoms with Gasteiger partial charge in [-0.15, -0.1) is 0 Å². The molecule has 192 valence electrons. The number of hydrogen-bond acceptors (Lipinski definition) is 4. The van der Waals surface area contributed by atoms with Crippen LogP contribution in [0.4, 0.5) is 0 Å². The van der Waals surface area contributed by atoms with Crippen molar-refractivity contribution in [1.29, 1.82) is 0 Å². The van der Waals surface area contributed by atoms with E-state index in [0.717, 1.165) is 35.1 Å². The second-order valence-electron chi connectivity index (χ2n) is 9.17. The van der Waals surface area contributed by atoms with E-state index in [0.29, 0.717) is 22.3 Å². The largest absolute Gasteiger partial charge is 0.418 e. The van der Waals surface area contributed by atoms with Gasteiger partial charge < -0.3 is 9.47 Å². The van der Waals surface area contributed by atoms with E-state index in [1.807, 2.05) is 86.6 Å². The molecule has 0 aliphatic rings. The summed E-state index contributed by atoms with van der Waals surface area (Å²) in [5.74, 6) is -0.665. The summed E-state index contributed by atoms with van der Waals surface area (Å²) in [7, 11) is 0. The van der Waals surface area contributed by atoms with Gasteiger partial charge in [-0.3, -0.25) is 0 Å². The average Bonchev–Trinajstić information content (AvgIpc) is 2.95. The minimum Gasteiger partial charge on any atom is -0.418 e. The van der Waals surface area contributed by atoms with Crippen molar-refractivity contribution in [3.8, 4) is 0 Å². The number of carbonyl (C=O) groups is 2. The van der Waals surface area contributed by atoms with Crippen LogP contribution in [-0.4, -0.2) is 11.9 Å². The Morgan fingerprint density at radius 3 is 1.18 bits per heavy atom. The lowest BCUT2D eigenvalue weighted by molar-refractivity contribution is 0.0646. The number of ether oxygens (including phenoxy) is 2. The van der Waals surface area contributed by atoms with Gasteiger partial charge in [-0.2, -0.15) is 0 Å². The molecule has 0 aromatic heterocycles. The number of hydrogen-bond donors (Lipinski definition) is 0. The molecule has 0 aliphatic heterocycles. The van der Waals surface area contributed by atoms with Gasteiger partial charge in [0.05, 0.1) is 11.1 Å². The van der Waals surface area contributed by atoms with Crippen molar-refractivity contribution >= 4 is 23.5 Å². The number of aryl methyl sites for hydroxylation is 4. The fraction of sp³-hybridized carbons (Fsp3) is 0.176. The molecule has 0 radical (unpaired) electrons. The van der Waals surface area contributed by atoms with Crippen LogP contribution < -0.4 is 0 Å². The maximum Gasteiger partial charge on any atom is 0.343 e. The van der Waals surface area contributed by atoms with Crippen LogP contribution in [0.1, 0.15) is 67.9 Å². The van der Waals surface area contributed by atoms with Gasteiger partial charge in [0.15, 0.2) is 11.5 Å². The fourth-order valence-corrected chi connectivity index (χ4v) is 4.16. The summed E-state index contributed by atoms with van der Waals surface area (Å²) < 4.78 is 12.2. The van der Waals surface area contributed by atoms with Crippen LogP contribution in [0, 0.1) is 13.8 Å². The molecule has 0 N–H and O–H groups in total. The molecule has 0 heterocycles. The Morgan fingerprint density at radius 1 is 0.526 bits per heavy atom. The molecule has 0 bridgehead atoms. The molecule has 4 rings (SSSR count). The lowest BCUT2D eigenvalue weighted by Gasteiger charge is -2.19. The summed E-state index contributed by atoms with van der Waals surface area (Å²) in [6, 6.07) is 29.8. The third-order valence-corrected chi connectivity index (χ3v) is 6.57. The van der Waals surface area contributed by atoms with E-state index in [-0.39, 0.29) is 11.5 Å². The number of rotatable bonds is 8. The molecular formula is C34H32O4. The van der Waals surface area contributed by atoms with Crippen LogP contribution in [0.5, 0.6) is 0 Å². The van der Waals surface area contributed by atoms with Gasteiger partial charge in [0.2, 0.25) is 0 Å². The summed E-state index contributed by atoms with van der Waals surface area (Å²) in [5, 5.41) is 0. The second-order valence-corrected chi connectivity index (χ2v) is 9.17. The highest BCUT2D eigenvalue weighted by molar-refractivity contribution is 6.01. The van der Waals surface area contributed by atoms with E-state index >= 15 is 0 Å². The van der Waals surface area contributed by atoms with Gasteiger partial charge in [-0.05, 0) is 73.2 Å². The minimum atomic E-state index is -0.527. The lowest BCUT2D eigenvalue weighted by Crippen LogP contribution is -2.12. The smallest absolute Gasteiger partial charge is 0.343 e. The Hall–Kier alpha value is -4.44. The molecule has 0 atom stereocenters. The molecule has 4 nitrogen and oxygen atoms in total. The first kappa shape index (κ1) is 26.6. The summed E-state index contributed by atoms with van der Waals surface area (Å²) in [5.41, 5.74) is 6.17. The van der Waals surface area contributed by atoms with Gasteiger partial charge in [0, 0.05) is 11.1 Å². The Bertz CT molecular complexity index is 1350. The average molecular weight is 505 g/mol. The molecule has 4 aromatic rings. The molecule has 0 aliphatic carbocycles. The van der Waals surface area contributed by atoms with Crippen molar-refractivity contribution in [3.63, 3.8) is 0 Å². The van der Waals surface area contributed by atoms with Crippen molar-refractivity contribution in [2.24, 2.45) is 0 Å². The van der Waals surface area contributed by atoms with Gasteiger partial charge in [0.1, 0.15) is 0 Å². The number of benzene rings is 4. The standard InChI is InChI=1S/C34H32O4/c1-5-25-15-19-27(20-16-25)33(35)37-31(29-13-9-7-11-23(29)3)32(30-14-10-8-12-24(30)4)38-34(36)28-21-17-26(6-2)18-22-28/h7-22H,5-6H2,1-4H3. The van der Waals surface area contributed by atoms with Crippen molar-refractivity contribution in [3.05, 3.63) is 142 Å². The third-order valence-electron chi connectivity index (χ3n) is 6.57. The highest BCUT2D eigenvalue weighted by atomic mass is 16.6. The minimum absolute atomic E-state index is 0.195. The van der Waals surface area contributed by atoms with Gasteiger partial charge in [-0.25, -0.2) is 9.59 Å². The quantitative estimate of drug-likeness (QED) is 0.139. The molecule has 4 heteroatoms. The highest BCUT2D eigenvalue weighted by Gasteiger charge is 2.24. The Morgan fingerprint density at radius 2 is 0.868 bits per heavy atom. The summed E-state index contributed by atoms with van der Waals surface area (Å²) >= 11 is 0. The normalized spacial score (nSPS) is 11.5. The maximum atomic E-state index is 13.4. The predicted octanol–water partition coefficient (Wildman–Crippen LogP) is 7.97. The molecule has 0 fully saturated rings. The van der Waals surface area contributed by atoms with Crippen LogP contribution in [-0.2, 0) is 22.3 Å². The molecular weight excluding hydrogens is 472 g/mol. The molecule has 4 aromatic carbocycles. The molecule has 0 unspecified atom stereocenters. The molecule has 0 amide bonds. The second kappa shape index (κ2) is 12.2. The van der Waals surface area contributed by atoms with Crippen LogP contribution in [0.25, 0.3) is 11.5 Å². The summed E-state index contributed by atoms with van der Waals surface area (Å²) in [4.78, 5) is 26.8. The predicted molar refractivity (Wildman–Crippen MR) is 152 cm³/mol. The first-order valence-corrected chi connectivity index (χ1v) is 12.9. The number of esters is 2. The zero-order valence-corrected chi connectivity index (χ0v) is 22.3. The summed E-state index contributed by atoms with van der Waals surface area (Å²) in [6.45, 7) is 7.98. The zero-order chi connectivity index (χ0) is 27.1. The van der Waals surface area contributed by atoms with Crippen molar-refractivity contribution in [1.82, 2.24) is 0 Å². The summed E-state index contributed by atoms with van der Waals surface area (Å²) in [6.07, 6.45) is 1.74. The monoisotopic (exact) mass is 504 g/mol. The SMILES string of the molecule is CCc1ccc(C(=O)OC(=C(OC(=O)c2ccc(CC)cc2)c2ccccc2C)c2ccccc2C)cc1. The lowest BCUT2D eigenvalue weighted by atomic mass is 10.0. The van der Waals surface area contributed by atoms with Gasteiger partial charge in [0.25, 0.3) is 0 Å². The first-order valence-electron chi connectivity index (χ1n) is 12.9. The van der Waals surface area contributed by atoms with Crippen molar-refractivity contribution in [2.45, 2.75) is 40.5 Å². The van der Waals surface area contributed by atoms with Gasteiger partial charge >= 0.3 is 11.9 Å². The van der Waals surface area contributed by atoms with Crippen molar-refractivity contribution < 1.29 is 19.1 Å². The maximum absolute atomic E-state index is 13.4. The van der Waals surface area contributed by atoms with E-state index in [4.69, 9.17) is 9.47 Å². The van der Waals surface area contributed by atoms with Crippen LogP contribution in [0.15, 0.2) is 97.1 Å². The molecule has 0 spiro atoms. The molecule has 38 heavy (non-hydrogen) atoms. The zero-order valence-electron chi connectivity index (χ0n) is 22.3. The van der Waals surface area contributed by atoms with Gasteiger partial charge in [-0.1, -0.05) is 86.6 Å². The fourth-order valence-electron chi connectivity index (χ4n) is 4.16. The van der Waals surface area contributed by atoms with E-state index < -0.39 is 11.9 Å². The topological polar surface area (TPSA) is 52.6 Å². The molecule has 0 saturated heterocycles. The molecule has 0 saturated carbocycles. The Kier molecular flexibility index (Phi) is 8.55. The van der Waals surface area contributed by atoms with E-state index in [1.165, 1.54) is 0 Å². The van der Waals surface area contributed by atoms with Crippen LogP contribution >= 0.6 is 0 Å². The van der Waals surface area contributed by atoms with E-state index in [9.17, 15) is 9.59 Å². The van der Waals surface area contributed by atoms with Crippen LogP contribution in [0.2, 0.25) is 0 Å². The first-order chi connectivity index (χ1) is 18.4. The Balaban J connectivity index is 1.86. The van der Waals surface area contributed by atoms with Crippen LogP contribution in [0.3, 0.4) is 0 Å². The van der Waals surface area contributed by atoms with E-state index in [1.54, 1.807) is 24.3 Å². The van der Waals surface area contributed by atoms with Crippen molar-refractivity contribution in [2.75, 3.05) is 0 Å². The Labute approximate surface area is 224 Å².